The minimum Gasteiger partial charge on any atom is -0.378 e. The Labute approximate surface area is 169 Å². The van der Waals surface area contributed by atoms with Crippen molar-refractivity contribution in [2.24, 2.45) is 0 Å². The molecule has 1 aromatic rings. The Hall–Kier alpha value is -1.83. The highest BCUT2D eigenvalue weighted by Gasteiger charge is 2.32. The molecule has 0 aromatic carbocycles. The first-order valence-corrected chi connectivity index (χ1v) is 10.1. The lowest BCUT2D eigenvalue weighted by Crippen LogP contribution is -2.59. The summed E-state index contributed by atoms with van der Waals surface area (Å²) in [4.78, 5) is 11.6. The molecule has 0 radical (unpaired) electrons. The normalized spacial score (nSPS) is 24.4. The van der Waals surface area contributed by atoms with Crippen LogP contribution < -0.4 is 10.2 Å². The maximum Gasteiger partial charge on any atom is 0.130 e. The van der Waals surface area contributed by atoms with E-state index in [1.165, 1.54) is 5.69 Å². The monoisotopic (exact) mass is 431 g/mol. The standard InChI is InChI=1S/C20H26BrN5O/c1-14-10-25(18-12-27-13-18)6-7-26(14)17-4-5-20(22-9-17)23-19-8-16(21)11-24(3)15(19)2/h4-5,8-9,11,14,18H,2,6-7,10,12-13H2,1,3H3,(H,22,23)/t14-/m0/s1. The molecule has 144 valence electrons. The maximum absolute atomic E-state index is 5.34. The number of ether oxygens (including phenoxy) is 1. The fraction of sp³-hybridized carbons (Fsp3) is 0.450. The second kappa shape index (κ2) is 7.66. The SMILES string of the molecule is C=C1C(Nc2ccc(N3CCN(C4COC4)C[C@@H]3C)cn2)=CC(Br)=CN1C. The number of anilines is 2. The molecule has 6 nitrogen and oxygen atoms in total. The van der Waals surface area contributed by atoms with E-state index in [2.05, 4.69) is 55.6 Å². The van der Waals surface area contributed by atoms with Crippen LogP contribution in [0.15, 0.2) is 53.1 Å². The first-order chi connectivity index (χ1) is 13.0. The summed E-state index contributed by atoms with van der Waals surface area (Å²) >= 11 is 3.53. The van der Waals surface area contributed by atoms with Gasteiger partial charge in [-0.15, -0.1) is 0 Å². The Kier molecular flexibility index (Phi) is 5.25. The average molecular weight is 432 g/mol. The Morgan fingerprint density at radius 2 is 2.11 bits per heavy atom. The topological polar surface area (TPSA) is 43.9 Å². The van der Waals surface area contributed by atoms with Gasteiger partial charge < -0.3 is 19.9 Å². The van der Waals surface area contributed by atoms with Crippen molar-refractivity contribution < 1.29 is 4.74 Å². The summed E-state index contributed by atoms with van der Waals surface area (Å²) in [6.45, 7) is 11.4. The Balaban J connectivity index is 1.40. The zero-order chi connectivity index (χ0) is 19.0. The van der Waals surface area contributed by atoms with Crippen LogP contribution in [0.2, 0.25) is 0 Å². The fourth-order valence-corrected chi connectivity index (χ4v) is 4.26. The lowest BCUT2D eigenvalue weighted by atomic mass is 10.1. The molecule has 3 aliphatic heterocycles. The number of aromatic nitrogens is 1. The fourth-order valence-electron chi connectivity index (χ4n) is 3.72. The summed E-state index contributed by atoms with van der Waals surface area (Å²) in [5, 5.41) is 3.37. The van der Waals surface area contributed by atoms with E-state index in [1.54, 1.807) is 0 Å². The van der Waals surface area contributed by atoms with E-state index in [-0.39, 0.29) is 0 Å². The van der Waals surface area contributed by atoms with Crippen molar-refractivity contribution in [3.63, 3.8) is 0 Å². The van der Waals surface area contributed by atoms with E-state index < -0.39 is 0 Å². The van der Waals surface area contributed by atoms with E-state index in [1.807, 2.05) is 36.5 Å². The Morgan fingerprint density at radius 3 is 2.74 bits per heavy atom. The lowest BCUT2D eigenvalue weighted by Gasteiger charge is -2.46. The van der Waals surface area contributed by atoms with Crippen molar-refractivity contribution in [1.82, 2.24) is 14.8 Å². The molecule has 1 N–H and O–H groups in total. The number of nitrogens with zero attached hydrogens (tertiary/aromatic N) is 4. The van der Waals surface area contributed by atoms with Crippen LogP contribution in [-0.2, 0) is 4.74 Å². The number of piperazine rings is 1. The number of hydrogen-bond acceptors (Lipinski definition) is 6. The molecule has 27 heavy (non-hydrogen) atoms. The van der Waals surface area contributed by atoms with Gasteiger partial charge in [0, 0.05) is 43.4 Å². The quantitative estimate of drug-likeness (QED) is 0.790. The zero-order valence-corrected chi connectivity index (χ0v) is 17.4. The minimum absolute atomic E-state index is 0.468. The summed E-state index contributed by atoms with van der Waals surface area (Å²) < 4.78 is 6.34. The predicted molar refractivity (Wildman–Crippen MR) is 113 cm³/mol. The Morgan fingerprint density at radius 1 is 1.30 bits per heavy atom. The summed E-state index contributed by atoms with van der Waals surface area (Å²) in [6, 6.07) is 5.27. The van der Waals surface area contributed by atoms with Crippen LogP contribution in [0.1, 0.15) is 6.92 Å². The van der Waals surface area contributed by atoms with Gasteiger partial charge in [0.05, 0.1) is 42.5 Å². The molecule has 7 heteroatoms. The van der Waals surface area contributed by atoms with Crippen LogP contribution in [-0.4, -0.2) is 66.8 Å². The molecular weight excluding hydrogens is 406 g/mol. The molecule has 0 bridgehead atoms. The van der Waals surface area contributed by atoms with Crippen LogP contribution in [0.4, 0.5) is 11.5 Å². The molecule has 0 amide bonds. The molecule has 2 fully saturated rings. The number of nitrogens with one attached hydrogen (secondary N) is 1. The predicted octanol–water partition coefficient (Wildman–Crippen LogP) is 2.98. The van der Waals surface area contributed by atoms with Crippen molar-refractivity contribution >= 4 is 27.4 Å². The molecular formula is C20H26BrN5O. The number of pyridine rings is 1. The average Bonchev–Trinajstić information content (AvgIpc) is 2.59. The van der Waals surface area contributed by atoms with E-state index >= 15 is 0 Å². The summed E-state index contributed by atoms with van der Waals surface area (Å²) in [7, 11) is 1.98. The number of allylic oxidation sites excluding steroid dienone is 2. The number of halogens is 1. The minimum atomic E-state index is 0.468. The smallest absolute Gasteiger partial charge is 0.130 e. The maximum atomic E-state index is 5.34. The summed E-state index contributed by atoms with van der Waals surface area (Å²) in [6.07, 6.45) is 5.96. The highest BCUT2D eigenvalue weighted by atomic mass is 79.9. The van der Waals surface area contributed by atoms with Crippen LogP contribution >= 0.6 is 15.9 Å². The van der Waals surface area contributed by atoms with Crippen molar-refractivity contribution in [3.8, 4) is 0 Å². The van der Waals surface area contributed by atoms with Gasteiger partial charge in [0.15, 0.2) is 0 Å². The second-order valence-electron chi connectivity index (χ2n) is 7.38. The third kappa shape index (κ3) is 3.90. The molecule has 0 saturated carbocycles. The van der Waals surface area contributed by atoms with Crippen molar-refractivity contribution in [3.05, 3.63) is 53.1 Å². The van der Waals surface area contributed by atoms with Crippen molar-refractivity contribution in [2.45, 2.75) is 19.0 Å². The van der Waals surface area contributed by atoms with Gasteiger partial charge in [-0.2, -0.15) is 0 Å². The van der Waals surface area contributed by atoms with Gasteiger partial charge in [0.1, 0.15) is 5.82 Å². The van der Waals surface area contributed by atoms with E-state index in [4.69, 9.17) is 4.74 Å². The first-order valence-electron chi connectivity index (χ1n) is 9.34. The van der Waals surface area contributed by atoms with Gasteiger partial charge in [0.25, 0.3) is 0 Å². The van der Waals surface area contributed by atoms with Gasteiger partial charge in [0.2, 0.25) is 0 Å². The molecule has 2 saturated heterocycles. The first kappa shape index (κ1) is 18.5. The molecule has 1 atom stereocenters. The molecule has 0 aliphatic carbocycles. The largest absolute Gasteiger partial charge is 0.378 e. The molecule has 0 spiro atoms. The van der Waals surface area contributed by atoms with E-state index in [0.717, 1.165) is 54.5 Å². The van der Waals surface area contributed by atoms with Crippen molar-refractivity contribution in [1.29, 1.82) is 0 Å². The van der Waals surface area contributed by atoms with Crippen molar-refractivity contribution in [2.75, 3.05) is 50.1 Å². The molecule has 4 rings (SSSR count). The molecule has 3 aliphatic rings. The summed E-state index contributed by atoms with van der Waals surface area (Å²) in [5.41, 5.74) is 3.03. The van der Waals surface area contributed by atoms with Crippen LogP contribution in [0.5, 0.6) is 0 Å². The van der Waals surface area contributed by atoms with Gasteiger partial charge in [-0.25, -0.2) is 4.98 Å². The number of likely N-dealkylation sites (N-methyl/N-ethyl adjacent to an activating group) is 1. The third-order valence-electron chi connectivity index (χ3n) is 5.47. The van der Waals surface area contributed by atoms with Crippen LogP contribution in [0, 0.1) is 0 Å². The molecule has 4 heterocycles. The lowest BCUT2D eigenvalue weighted by molar-refractivity contribution is -0.0691. The second-order valence-corrected chi connectivity index (χ2v) is 8.30. The van der Waals surface area contributed by atoms with Gasteiger partial charge in [-0.3, -0.25) is 4.90 Å². The van der Waals surface area contributed by atoms with Crippen LogP contribution in [0.25, 0.3) is 0 Å². The highest BCUT2D eigenvalue weighted by Crippen LogP contribution is 2.27. The van der Waals surface area contributed by atoms with Gasteiger partial charge in [-0.05, 0) is 41.1 Å². The van der Waals surface area contributed by atoms with Gasteiger partial charge >= 0.3 is 0 Å². The van der Waals surface area contributed by atoms with Gasteiger partial charge in [-0.1, -0.05) is 6.58 Å². The van der Waals surface area contributed by atoms with Crippen LogP contribution in [0.3, 0.4) is 0 Å². The number of rotatable bonds is 4. The van der Waals surface area contributed by atoms with E-state index in [9.17, 15) is 0 Å². The highest BCUT2D eigenvalue weighted by molar-refractivity contribution is 9.11. The zero-order valence-electron chi connectivity index (χ0n) is 15.9. The Bertz CT molecular complexity index is 771. The molecule has 1 aromatic heterocycles. The van der Waals surface area contributed by atoms with E-state index in [0.29, 0.717) is 12.1 Å². The summed E-state index contributed by atoms with van der Waals surface area (Å²) in [5.74, 6) is 0.819. The number of hydrogen-bond donors (Lipinski definition) is 1. The third-order valence-corrected chi connectivity index (χ3v) is 5.91. The molecule has 0 unspecified atom stereocenters.